The van der Waals surface area contributed by atoms with Crippen LogP contribution in [0.25, 0.3) is 0 Å². The van der Waals surface area contributed by atoms with Gasteiger partial charge in [-0.1, -0.05) is 90.4 Å². The standard InChI is InChI=1S/C25H46O7/c1-2-3-4-5-6-7-8-9-10-11-12-13-14-15-18-30-19-20-31-21-22-32-24(27)17-16-23(26)25(28)29/h2-22H2,1H3,(H,28,29). The van der Waals surface area contributed by atoms with Crippen molar-refractivity contribution >= 4 is 17.7 Å². The molecule has 0 aromatic heterocycles. The molecule has 0 fully saturated rings. The van der Waals surface area contributed by atoms with Crippen LogP contribution in [0.5, 0.6) is 0 Å². The molecular weight excluding hydrogens is 412 g/mol. The van der Waals surface area contributed by atoms with Crippen LogP contribution in [0.15, 0.2) is 0 Å². The number of carboxylic acid groups (broad SMARTS) is 1. The van der Waals surface area contributed by atoms with E-state index in [9.17, 15) is 14.4 Å². The van der Waals surface area contributed by atoms with Crippen LogP contribution in [-0.2, 0) is 28.6 Å². The molecule has 0 spiro atoms. The fourth-order valence-corrected chi connectivity index (χ4v) is 3.33. The minimum atomic E-state index is -1.53. The number of ether oxygens (including phenoxy) is 3. The third-order valence-electron chi connectivity index (χ3n) is 5.30. The highest BCUT2D eigenvalue weighted by atomic mass is 16.6. The van der Waals surface area contributed by atoms with E-state index in [2.05, 4.69) is 6.92 Å². The Morgan fingerprint density at radius 1 is 0.562 bits per heavy atom. The molecule has 0 aliphatic heterocycles. The van der Waals surface area contributed by atoms with Crippen molar-refractivity contribution in [2.45, 2.75) is 110 Å². The van der Waals surface area contributed by atoms with Crippen LogP contribution in [0.2, 0.25) is 0 Å². The summed E-state index contributed by atoms with van der Waals surface area (Å²) >= 11 is 0. The third kappa shape index (κ3) is 23.2. The zero-order valence-corrected chi connectivity index (χ0v) is 20.2. The SMILES string of the molecule is CCCCCCCCCCCCCCCCOCCOCCOC(=O)CCC(=O)C(=O)O. The smallest absolute Gasteiger partial charge is 0.372 e. The summed E-state index contributed by atoms with van der Waals surface area (Å²) in [5.41, 5.74) is 0. The van der Waals surface area contributed by atoms with Gasteiger partial charge in [0.05, 0.1) is 26.2 Å². The summed E-state index contributed by atoms with van der Waals surface area (Å²) in [5.74, 6) is -3.12. The molecular formula is C25H46O7. The van der Waals surface area contributed by atoms with Crippen molar-refractivity contribution in [3.63, 3.8) is 0 Å². The van der Waals surface area contributed by atoms with Crippen LogP contribution >= 0.6 is 0 Å². The lowest BCUT2D eigenvalue weighted by atomic mass is 10.0. The first-order valence-electron chi connectivity index (χ1n) is 12.6. The Balaban J connectivity index is 3.15. The van der Waals surface area contributed by atoms with Gasteiger partial charge in [0.25, 0.3) is 0 Å². The van der Waals surface area contributed by atoms with Crippen molar-refractivity contribution in [2.24, 2.45) is 0 Å². The van der Waals surface area contributed by atoms with Gasteiger partial charge < -0.3 is 19.3 Å². The average Bonchev–Trinajstić information content (AvgIpc) is 2.78. The second kappa shape index (κ2) is 24.2. The number of unbranched alkanes of at least 4 members (excludes halogenated alkanes) is 13. The Morgan fingerprint density at radius 2 is 1.00 bits per heavy atom. The number of aliphatic carboxylic acids is 1. The second-order valence-electron chi connectivity index (χ2n) is 8.27. The highest BCUT2D eigenvalue weighted by Crippen LogP contribution is 2.12. The number of carbonyl (C=O) groups is 3. The molecule has 0 aliphatic carbocycles. The molecule has 0 heterocycles. The predicted molar refractivity (Wildman–Crippen MR) is 125 cm³/mol. The lowest BCUT2D eigenvalue weighted by molar-refractivity contribution is -0.151. The van der Waals surface area contributed by atoms with E-state index >= 15 is 0 Å². The lowest BCUT2D eigenvalue weighted by Gasteiger charge is -2.07. The molecule has 0 unspecified atom stereocenters. The molecule has 7 nitrogen and oxygen atoms in total. The minimum Gasteiger partial charge on any atom is -0.476 e. The van der Waals surface area contributed by atoms with Gasteiger partial charge >= 0.3 is 11.9 Å². The van der Waals surface area contributed by atoms with Gasteiger partial charge in [-0.05, 0) is 6.42 Å². The highest BCUT2D eigenvalue weighted by Gasteiger charge is 2.14. The van der Waals surface area contributed by atoms with E-state index in [-0.39, 0.29) is 26.1 Å². The predicted octanol–water partition coefficient (Wildman–Crippen LogP) is 5.48. The van der Waals surface area contributed by atoms with Crippen molar-refractivity contribution in [1.29, 1.82) is 0 Å². The van der Waals surface area contributed by atoms with Gasteiger partial charge in [-0.2, -0.15) is 0 Å². The second-order valence-corrected chi connectivity index (χ2v) is 8.27. The van der Waals surface area contributed by atoms with Crippen molar-refractivity contribution in [1.82, 2.24) is 0 Å². The largest absolute Gasteiger partial charge is 0.476 e. The fourth-order valence-electron chi connectivity index (χ4n) is 3.33. The molecule has 188 valence electrons. The molecule has 0 aromatic carbocycles. The Labute approximate surface area is 194 Å². The average molecular weight is 459 g/mol. The maximum atomic E-state index is 11.3. The number of Topliss-reactive ketones (excluding diaryl/α,β-unsaturated/α-hetero) is 1. The first-order chi connectivity index (χ1) is 15.6. The molecule has 0 aliphatic rings. The minimum absolute atomic E-state index is 0.0824. The van der Waals surface area contributed by atoms with E-state index in [1.807, 2.05) is 0 Å². The number of rotatable bonds is 25. The van der Waals surface area contributed by atoms with Gasteiger partial charge in [-0.15, -0.1) is 0 Å². The molecule has 0 aromatic rings. The van der Waals surface area contributed by atoms with Gasteiger partial charge in [-0.25, -0.2) is 4.79 Å². The first-order valence-corrected chi connectivity index (χ1v) is 12.6. The van der Waals surface area contributed by atoms with Gasteiger partial charge in [0.2, 0.25) is 5.78 Å². The summed E-state index contributed by atoms with van der Waals surface area (Å²) in [4.78, 5) is 32.5. The van der Waals surface area contributed by atoms with Crippen molar-refractivity contribution in [3.8, 4) is 0 Å². The summed E-state index contributed by atoms with van der Waals surface area (Å²) in [5, 5.41) is 8.42. The van der Waals surface area contributed by atoms with Crippen LogP contribution in [0, 0.1) is 0 Å². The van der Waals surface area contributed by atoms with Gasteiger partial charge in [0.1, 0.15) is 6.61 Å². The van der Waals surface area contributed by atoms with Gasteiger partial charge in [-0.3, -0.25) is 9.59 Å². The monoisotopic (exact) mass is 458 g/mol. The molecule has 0 saturated heterocycles. The molecule has 32 heavy (non-hydrogen) atoms. The van der Waals surface area contributed by atoms with Gasteiger partial charge in [0.15, 0.2) is 0 Å². The molecule has 0 saturated carbocycles. The molecule has 0 amide bonds. The summed E-state index contributed by atoms with van der Waals surface area (Å²) in [6, 6.07) is 0. The van der Waals surface area contributed by atoms with Gasteiger partial charge in [0, 0.05) is 13.0 Å². The number of esters is 1. The number of carboxylic acids is 1. The van der Waals surface area contributed by atoms with Crippen molar-refractivity contribution in [3.05, 3.63) is 0 Å². The van der Waals surface area contributed by atoms with E-state index in [4.69, 9.17) is 19.3 Å². The highest BCUT2D eigenvalue weighted by molar-refractivity contribution is 6.32. The molecule has 0 radical (unpaired) electrons. The van der Waals surface area contributed by atoms with Crippen LogP contribution in [-0.4, -0.2) is 55.9 Å². The fraction of sp³-hybridized carbons (Fsp3) is 0.880. The lowest BCUT2D eigenvalue weighted by Crippen LogP contribution is -2.17. The summed E-state index contributed by atoms with van der Waals surface area (Å²) < 4.78 is 15.7. The van der Waals surface area contributed by atoms with Crippen LogP contribution in [0.1, 0.15) is 110 Å². The van der Waals surface area contributed by atoms with Crippen molar-refractivity contribution in [2.75, 3.05) is 33.0 Å². The molecule has 0 rings (SSSR count). The van der Waals surface area contributed by atoms with Crippen molar-refractivity contribution < 1.29 is 33.7 Å². The maximum Gasteiger partial charge on any atom is 0.372 e. The normalized spacial score (nSPS) is 10.9. The molecule has 0 bridgehead atoms. The molecule has 0 atom stereocenters. The maximum absolute atomic E-state index is 11.3. The summed E-state index contributed by atoms with van der Waals surface area (Å²) in [6.45, 7) is 4.29. The van der Waals surface area contributed by atoms with E-state index < -0.39 is 17.7 Å². The summed E-state index contributed by atoms with van der Waals surface area (Å²) in [7, 11) is 0. The number of hydrogen-bond donors (Lipinski definition) is 1. The number of ketones is 1. The Morgan fingerprint density at radius 3 is 1.50 bits per heavy atom. The van der Waals surface area contributed by atoms with E-state index in [1.165, 1.54) is 83.5 Å². The third-order valence-corrected chi connectivity index (χ3v) is 5.30. The number of carbonyl (C=O) groups excluding carboxylic acids is 2. The van der Waals surface area contributed by atoms with E-state index in [0.29, 0.717) is 13.2 Å². The summed E-state index contributed by atoms with van der Waals surface area (Å²) in [6.07, 6.45) is 18.2. The topological polar surface area (TPSA) is 99.1 Å². The van der Waals surface area contributed by atoms with Crippen LogP contribution in [0.3, 0.4) is 0 Å². The molecule has 7 heteroatoms. The molecule has 1 N–H and O–H groups in total. The Kier molecular flexibility index (Phi) is 23.1. The zero-order chi connectivity index (χ0) is 23.7. The van der Waals surface area contributed by atoms with Crippen LogP contribution < -0.4 is 0 Å². The Bertz CT molecular complexity index is 465. The zero-order valence-electron chi connectivity index (χ0n) is 20.2. The number of hydrogen-bond acceptors (Lipinski definition) is 6. The van der Waals surface area contributed by atoms with E-state index in [0.717, 1.165) is 13.0 Å². The Hall–Kier alpha value is -1.47. The van der Waals surface area contributed by atoms with Crippen LogP contribution in [0.4, 0.5) is 0 Å². The van der Waals surface area contributed by atoms with E-state index in [1.54, 1.807) is 0 Å². The first kappa shape index (κ1) is 30.5. The quantitative estimate of drug-likeness (QED) is 0.110.